The van der Waals surface area contributed by atoms with Crippen molar-refractivity contribution in [1.82, 2.24) is 9.62 Å². The molecular weight excluding hydrogens is 556 g/mol. The van der Waals surface area contributed by atoms with E-state index in [1.54, 1.807) is 56.7 Å². The van der Waals surface area contributed by atoms with E-state index in [1.807, 2.05) is 12.1 Å². The van der Waals surface area contributed by atoms with Gasteiger partial charge in [0.05, 0.1) is 25.7 Å². The predicted molar refractivity (Wildman–Crippen MR) is 139 cm³/mol. The topological polar surface area (TPSA) is 84.9 Å². The van der Waals surface area contributed by atoms with Gasteiger partial charge in [0.1, 0.15) is 0 Å². The van der Waals surface area contributed by atoms with E-state index in [9.17, 15) is 13.2 Å². The van der Waals surface area contributed by atoms with Gasteiger partial charge in [-0.1, -0.05) is 51.8 Å². The summed E-state index contributed by atoms with van der Waals surface area (Å²) in [6.45, 7) is -0.0662. The standard InChI is InChI=1S/C25H26BrClN2O5S/c1-33-23-12-7-18(15-24(23)34-2)13-14-28-25(30)17-29(16-19-5-3-4-6-22(19)27)35(31,32)21-10-8-20(26)9-11-21/h3-12,15H,13-14,16-17H2,1-2H3,(H,28,30). The molecule has 3 aromatic carbocycles. The van der Waals surface area contributed by atoms with Crippen molar-refractivity contribution in [2.24, 2.45) is 0 Å². The van der Waals surface area contributed by atoms with E-state index in [0.29, 0.717) is 35.1 Å². The lowest BCUT2D eigenvalue weighted by Gasteiger charge is -2.22. The van der Waals surface area contributed by atoms with E-state index < -0.39 is 15.9 Å². The molecule has 0 atom stereocenters. The van der Waals surface area contributed by atoms with E-state index in [-0.39, 0.29) is 18.0 Å². The third kappa shape index (κ3) is 7.20. The van der Waals surface area contributed by atoms with Crippen molar-refractivity contribution < 1.29 is 22.7 Å². The van der Waals surface area contributed by atoms with E-state index >= 15 is 0 Å². The van der Waals surface area contributed by atoms with Gasteiger partial charge in [-0.3, -0.25) is 4.79 Å². The molecule has 10 heteroatoms. The SMILES string of the molecule is COc1ccc(CCNC(=O)CN(Cc2ccccc2Cl)S(=O)(=O)c2ccc(Br)cc2)cc1OC. The summed E-state index contributed by atoms with van der Waals surface area (Å²) in [5.74, 6) is 0.801. The van der Waals surface area contributed by atoms with Crippen LogP contribution in [0, 0.1) is 0 Å². The maximum absolute atomic E-state index is 13.4. The Bertz CT molecular complexity index is 1270. The molecule has 0 saturated carbocycles. The summed E-state index contributed by atoms with van der Waals surface area (Å²) in [4.78, 5) is 12.9. The number of hydrogen-bond acceptors (Lipinski definition) is 5. The quantitative estimate of drug-likeness (QED) is 0.356. The van der Waals surface area contributed by atoms with Crippen LogP contribution < -0.4 is 14.8 Å². The highest BCUT2D eigenvalue weighted by atomic mass is 79.9. The van der Waals surface area contributed by atoms with Gasteiger partial charge in [-0.15, -0.1) is 0 Å². The number of halogens is 2. The van der Waals surface area contributed by atoms with Crippen molar-refractivity contribution in [1.29, 1.82) is 0 Å². The highest BCUT2D eigenvalue weighted by Crippen LogP contribution is 2.27. The zero-order valence-corrected chi connectivity index (χ0v) is 22.5. The second-order valence-corrected chi connectivity index (χ2v) is 10.9. The number of rotatable bonds is 11. The van der Waals surface area contributed by atoms with Crippen molar-refractivity contribution in [3.63, 3.8) is 0 Å². The van der Waals surface area contributed by atoms with Crippen LogP contribution in [0.5, 0.6) is 11.5 Å². The summed E-state index contributed by atoms with van der Waals surface area (Å²) in [5.41, 5.74) is 1.55. The Morgan fingerprint density at radius 3 is 2.34 bits per heavy atom. The Kier molecular flexibility index (Phi) is 9.56. The lowest BCUT2D eigenvalue weighted by molar-refractivity contribution is -0.121. The van der Waals surface area contributed by atoms with Crippen LogP contribution in [-0.4, -0.2) is 45.9 Å². The summed E-state index contributed by atoms with van der Waals surface area (Å²) in [5, 5.41) is 3.23. The molecule has 3 rings (SSSR count). The number of nitrogens with one attached hydrogen (secondary N) is 1. The largest absolute Gasteiger partial charge is 0.493 e. The van der Waals surface area contributed by atoms with Gasteiger partial charge in [-0.05, 0) is 60.0 Å². The number of carbonyl (C=O) groups excluding carboxylic acids is 1. The zero-order valence-electron chi connectivity index (χ0n) is 19.3. The fraction of sp³-hybridized carbons (Fsp3) is 0.240. The van der Waals surface area contributed by atoms with Crippen molar-refractivity contribution in [2.45, 2.75) is 17.9 Å². The van der Waals surface area contributed by atoms with Gasteiger partial charge in [-0.25, -0.2) is 8.42 Å². The Labute approximate surface area is 219 Å². The van der Waals surface area contributed by atoms with Gasteiger partial charge in [-0.2, -0.15) is 4.31 Å². The molecule has 0 aliphatic heterocycles. The molecule has 0 aromatic heterocycles. The maximum atomic E-state index is 13.4. The number of methoxy groups -OCH3 is 2. The normalized spacial score (nSPS) is 11.3. The molecule has 7 nitrogen and oxygen atoms in total. The summed E-state index contributed by atoms with van der Waals surface area (Å²) >= 11 is 9.58. The Morgan fingerprint density at radius 2 is 1.69 bits per heavy atom. The second kappa shape index (κ2) is 12.4. The smallest absolute Gasteiger partial charge is 0.243 e. The third-order valence-electron chi connectivity index (χ3n) is 5.26. The molecular formula is C25H26BrClN2O5S. The van der Waals surface area contributed by atoms with Gasteiger partial charge >= 0.3 is 0 Å². The van der Waals surface area contributed by atoms with Crippen LogP contribution in [0.3, 0.4) is 0 Å². The first-order valence-corrected chi connectivity index (χ1v) is 13.3. The minimum absolute atomic E-state index is 0.0405. The number of nitrogens with zero attached hydrogens (tertiary/aromatic N) is 1. The monoisotopic (exact) mass is 580 g/mol. The molecule has 35 heavy (non-hydrogen) atoms. The molecule has 0 aliphatic rings. The van der Waals surface area contributed by atoms with E-state index in [2.05, 4.69) is 21.2 Å². The molecule has 0 spiro atoms. The van der Waals surface area contributed by atoms with Crippen molar-refractivity contribution in [2.75, 3.05) is 27.3 Å². The summed E-state index contributed by atoms with van der Waals surface area (Å²) in [6.07, 6.45) is 0.538. The fourth-order valence-corrected chi connectivity index (χ4v) is 5.23. The Morgan fingerprint density at radius 1 is 1.00 bits per heavy atom. The second-order valence-electron chi connectivity index (χ2n) is 7.61. The van der Waals surface area contributed by atoms with Crippen LogP contribution >= 0.6 is 27.5 Å². The van der Waals surface area contributed by atoms with Crippen molar-refractivity contribution >= 4 is 43.5 Å². The maximum Gasteiger partial charge on any atom is 0.243 e. The summed E-state index contributed by atoms with van der Waals surface area (Å²) in [6, 6.07) is 18.8. The van der Waals surface area contributed by atoms with Gasteiger partial charge in [0.2, 0.25) is 15.9 Å². The lowest BCUT2D eigenvalue weighted by atomic mass is 10.1. The Hall–Kier alpha value is -2.59. The molecule has 0 bridgehead atoms. The third-order valence-corrected chi connectivity index (χ3v) is 7.96. The van der Waals surface area contributed by atoms with Crippen LogP contribution in [0.1, 0.15) is 11.1 Å². The molecule has 0 unspecified atom stereocenters. The summed E-state index contributed by atoms with van der Waals surface area (Å²) < 4.78 is 39.2. The average Bonchev–Trinajstić information content (AvgIpc) is 2.85. The van der Waals surface area contributed by atoms with Gasteiger partial charge in [0.15, 0.2) is 11.5 Å². The zero-order chi connectivity index (χ0) is 25.4. The molecule has 0 aliphatic carbocycles. The molecule has 0 radical (unpaired) electrons. The van der Waals surface area contributed by atoms with Gasteiger partial charge in [0.25, 0.3) is 0 Å². The predicted octanol–water partition coefficient (Wildman–Crippen LogP) is 4.67. The highest BCUT2D eigenvalue weighted by molar-refractivity contribution is 9.10. The van der Waals surface area contributed by atoms with E-state index in [0.717, 1.165) is 14.3 Å². The first-order valence-electron chi connectivity index (χ1n) is 10.7. The first kappa shape index (κ1) is 27.0. The minimum atomic E-state index is -3.96. The molecule has 0 heterocycles. The number of ether oxygens (including phenoxy) is 2. The van der Waals surface area contributed by atoms with Gasteiger partial charge in [0, 0.05) is 22.6 Å². The van der Waals surface area contributed by atoms with Crippen LogP contribution in [0.15, 0.2) is 76.1 Å². The number of sulfonamides is 1. The fourth-order valence-electron chi connectivity index (χ4n) is 3.40. The molecule has 186 valence electrons. The van der Waals surface area contributed by atoms with Crippen molar-refractivity contribution in [3.05, 3.63) is 87.4 Å². The molecule has 0 fully saturated rings. The molecule has 1 N–H and O–H groups in total. The van der Waals surface area contributed by atoms with E-state index in [1.165, 1.54) is 12.1 Å². The lowest BCUT2D eigenvalue weighted by Crippen LogP contribution is -2.40. The number of benzene rings is 3. The average molecular weight is 582 g/mol. The molecule has 3 aromatic rings. The highest BCUT2D eigenvalue weighted by Gasteiger charge is 2.27. The van der Waals surface area contributed by atoms with Crippen LogP contribution in [-0.2, 0) is 27.8 Å². The molecule has 0 saturated heterocycles. The van der Waals surface area contributed by atoms with Gasteiger partial charge < -0.3 is 14.8 Å². The Balaban J connectivity index is 1.72. The summed E-state index contributed by atoms with van der Waals surface area (Å²) in [7, 11) is -0.837. The van der Waals surface area contributed by atoms with Crippen LogP contribution in [0.2, 0.25) is 5.02 Å². The van der Waals surface area contributed by atoms with Crippen LogP contribution in [0.25, 0.3) is 0 Å². The minimum Gasteiger partial charge on any atom is -0.493 e. The number of amides is 1. The molecule has 1 amide bonds. The number of hydrogen-bond donors (Lipinski definition) is 1. The first-order chi connectivity index (χ1) is 16.7. The van der Waals surface area contributed by atoms with Crippen LogP contribution in [0.4, 0.5) is 0 Å². The number of carbonyl (C=O) groups is 1. The van der Waals surface area contributed by atoms with Crippen molar-refractivity contribution in [3.8, 4) is 11.5 Å². The van der Waals surface area contributed by atoms with E-state index in [4.69, 9.17) is 21.1 Å².